The fraction of sp³-hybridized carbons (Fsp3) is 0.0714. The van der Waals surface area contributed by atoms with E-state index in [1.807, 2.05) is 36.7 Å². The van der Waals surface area contributed by atoms with Gasteiger partial charge in [0.05, 0.1) is 11.4 Å². The summed E-state index contributed by atoms with van der Waals surface area (Å²) < 4.78 is 6.35. The molecule has 9 rings (SSSR count). The lowest BCUT2D eigenvalue weighted by atomic mass is 9.80. The minimum atomic E-state index is -0.246. The van der Waals surface area contributed by atoms with Crippen LogP contribution in [0.25, 0.3) is 78.1 Å². The smallest absolute Gasteiger partial charge is 0.160 e. The zero-order valence-electron chi connectivity index (χ0n) is 25.5. The van der Waals surface area contributed by atoms with Crippen LogP contribution in [0.3, 0.4) is 0 Å². The van der Waals surface area contributed by atoms with Crippen LogP contribution in [-0.4, -0.2) is 15.0 Å². The molecule has 218 valence electrons. The molecule has 0 fully saturated rings. The molecule has 1 aliphatic carbocycles. The lowest BCUT2D eigenvalue weighted by Crippen LogP contribution is -2.17. The zero-order valence-corrected chi connectivity index (χ0v) is 25.5. The van der Waals surface area contributed by atoms with Crippen LogP contribution < -0.4 is 0 Å². The maximum absolute atomic E-state index is 6.35. The Morgan fingerprint density at radius 1 is 0.500 bits per heavy atom. The SMILES string of the molecule is CC1(C)c2ccccc2-c2nc(-c3ccc(-c4ccncc4)cc3)nc(-c3ccc(-c4cccc5c4oc4ccccc45)cc3)c21. The first-order valence-corrected chi connectivity index (χ1v) is 15.6. The number of aromatic nitrogens is 3. The molecule has 0 radical (unpaired) electrons. The van der Waals surface area contributed by atoms with Gasteiger partial charge in [-0.25, -0.2) is 9.97 Å². The molecule has 8 aromatic rings. The van der Waals surface area contributed by atoms with E-state index in [1.54, 1.807) is 0 Å². The summed E-state index contributed by atoms with van der Waals surface area (Å²) in [5.74, 6) is 0.721. The second kappa shape index (κ2) is 10.1. The molecule has 46 heavy (non-hydrogen) atoms. The van der Waals surface area contributed by atoms with E-state index in [9.17, 15) is 0 Å². The van der Waals surface area contributed by atoms with E-state index in [0.717, 1.165) is 78.1 Å². The van der Waals surface area contributed by atoms with Gasteiger partial charge in [0.25, 0.3) is 0 Å². The molecule has 0 saturated carbocycles. The van der Waals surface area contributed by atoms with Gasteiger partial charge >= 0.3 is 0 Å². The van der Waals surface area contributed by atoms with E-state index in [0.29, 0.717) is 0 Å². The van der Waals surface area contributed by atoms with E-state index in [2.05, 4.69) is 122 Å². The second-order valence-corrected chi connectivity index (χ2v) is 12.5. The van der Waals surface area contributed by atoms with Gasteiger partial charge in [0.15, 0.2) is 5.82 Å². The van der Waals surface area contributed by atoms with Gasteiger partial charge in [0.1, 0.15) is 11.2 Å². The third kappa shape index (κ3) is 4.04. The molecule has 0 spiro atoms. The van der Waals surface area contributed by atoms with Crippen molar-refractivity contribution in [1.82, 2.24) is 15.0 Å². The molecule has 0 bridgehead atoms. The number of benzene rings is 5. The Bertz CT molecular complexity index is 2420. The molecular weight excluding hydrogens is 562 g/mol. The minimum Gasteiger partial charge on any atom is -0.455 e. The average Bonchev–Trinajstić information content (AvgIpc) is 3.61. The van der Waals surface area contributed by atoms with Gasteiger partial charge in [-0.2, -0.15) is 0 Å². The molecule has 0 unspecified atom stereocenters. The first kappa shape index (κ1) is 26.5. The molecule has 4 nitrogen and oxygen atoms in total. The highest BCUT2D eigenvalue weighted by atomic mass is 16.3. The van der Waals surface area contributed by atoms with Gasteiger partial charge in [0.2, 0.25) is 0 Å². The van der Waals surface area contributed by atoms with Crippen LogP contribution in [-0.2, 0) is 5.41 Å². The van der Waals surface area contributed by atoms with Crippen LogP contribution in [0.15, 0.2) is 144 Å². The van der Waals surface area contributed by atoms with Crippen molar-refractivity contribution in [1.29, 1.82) is 0 Å². The number of furan rings is 1. The summed E-state index contributed by atoms with van der Waals surface area (Å²) in [6, 6.07) is 44.5. The molecule has 4 heteroatoms. The first-order valence-electron chi connectivity index (χ1n) is 15.6. The molecule has 1 aliphatic rings. The Labute approximate surface area is 267 Å². The Morgan fingerprint density at radius 2 is 1.11 bits per heavy atom. The maximum atomic E-state index is 6.35. The Balaban J connectivity index is 1.19. The van der Waals surface area contributed by atoms with Gasteiger partial charge < -0.3 is 4.42 Å². The van der Waals surface area contributed by atoms with Crippen molar-refractivity contribution in [3.63, 3.8) is 0 Å². The topological polar surface area (TPSA) is 51.8 Å². The number of hydrogen-bond donors (Lipinski definition) is 0. The number of para-hydroxylation sites is 2. The summed E-state index contributed by atoms with van der Waals surface area (Å²) in [7, 11) is 0. The predicted octanol–water partition coefficient (Wildman–Crippen LogP) is 10.7. The van der Waals surface area contributed by atoms with E-state index >= 15 is 0 Å². The Kier molecular flexibility index (Phi) is 5.81. The highest BCUT2D eigenvalue weighted by Gasteiger charge is 2.40. The lowest BCUT2D eigenvalue weighted by molar-refractivity contribution is 0.658. The Morgan fingerprint density at radius 3 is 1.93 bits per heavy atom. The van der Waals surface area contributed by atoms with Crippen LogP contribution in [0.5, 0.6) is 0 Å². The molecular formula is C42H29N3O. The van der Waals surface area contributed by atoms with Crippen molar-refractivity contribution in [2.24, 2.45) is 0 Å². The third-order valence-electron chi connectivity index (χ3n) is 9.42. The van der Waals surface area contributed by atoms with Gasteiger partial charge in [-0.3, -0.25) is 4.98 Å². The highest BCUT2D eigenvalue weighted by molar-refractivity contribution is 6.09. The van der Waals surface area contributed by atoms with Gasteiger partial charge in [-0.05, 0) is 40.5 Å². The van der Waals surface area contributed by atoms with Crippen molar-refractivity contribution in [2.75, 3.05) is 0 Å². The minimum absolute atomic E-state index is 0.246. The van der Waals surface area contributed by atoms with Crippen molar-refractivity contribution in [3.8, 4) is 56.2 Å². The van der Waals surface area contributed by atoms with Crippen molar-refractivity contribution >= 4 is 21.9 Å². The third-order valence-corrected chi connectivity index (χ3v) is 9.42. The molecule has 0 saturated heterocycles. The first-order chi connectivity index (χ1) is 22.6. The van der Waals surface area contributed by atoms with Crippen LogP contribution >= 0.6 is 0 Å². The number of fused-ring (bicyclic) bond motifs is 6. The van der Waals surface area contributed by atoms with Crippen LogP contribution in [0.4, 0.5) is 0 Å². The Hall–Kier alpha value is -5.87. The fourth-order valence-corrected chi connectivity index (χ4v) is 7.09. The monoisotopic (exact) mass is 591 g/mol. The highest BCUT2D eigenvalue weighted by Crippen LogP contribution is 2.51. The summed E-state index contributed by atoms with van der Waals surface area (Å²) in [6.07, 6.45) is 3.64. The molecule has 0 aliphatic heterocycles. The van der Waals surface area contributed by atoms with E-state index < -0.39 is 0 Å². The van der Waals surface area contributed by atoms with Gasteiger partial charge in [0, 0.05) is 56.4 Å². The number of hydrogen-bond acceptors (Lipinski definition) is 4. The van der Waals surface area contributed by atoms with Crippen molar-refractivity contribution in [3.05, 3.63) is 151 Å². The summed E-state index contributed by atoms with van der Waals surface area (Å²) in [5.41, 5.74) is 13.7. The molecule has 3 heterocycles. The summed E-state index contributed by atoms with van der Waals surface area (Å²) >= 11 is 0. The molecule has 0 amide bonds. The number of pyridine rings is 1. The van der Waals surface area contributed by atoms with Crippen molar-refractivity contribution < 1.29 is 4.42 Å². The van der Waals surface area contributed by atoms with E-state index in [4.69, 9.17) is 14.4 Å². The normalized spacial score (nSPS) is 13.2. The van der Waals surface area contributed by atoms with Crippen LogP contribution in [0.2, 0.25) is 0 Å². The molecule has 3 aromatic heterocycles. The van der Waals surface area contributed by atoms with Crippen LogP contribution in [0, 0.1) is 0 Å². The maximum Gasteiger partial charge on any atom is 0.160 e. The summed E-state index contributed by atoms with van der Waals surface area (Å²) in [4.78, 5) is 14.7. The molecule has 0 atom stereocenters. The van der Waals surface area contributed by atoms with Gasteiger partial charge in [-0.15, -0.1) is 0 Å². The van der Waals surface area contributed by atoms with E-state index in [1.165, 1.54) is 11.1 Å². The van der Waals surface area contributed by atoms with E-state index in [-0.39, 0.29) is 5.41 Å². The number of rotatable bonds is 4. The largest absolute Gasteiger partial charge is 0.455 e. The molecule has 5 aromatic carbocycles. The zero-order chi connectivity index (χ0) is 30.8. The fourth-order valence-electron chi connectivity index (χ4n) is 7.09. The van der Waals surface area contributed by atoms with Gasteiger partial charge in [-0.1, -0.05) is 123 Å². The second-order valence-electron chi connectivity index (χ2n) is 12.5. The number of nitrogens with zero attached hydrogens (tertiary/aromatic N) is 3. The quantitative estimate of drug-likeness (QED) is 0.204. The lowest BCUT2D eigenvalue weighted by Gasteiger charge is -2.24. The predicted molar refractivity (Wildman–Crippen MR) is 186 cm³/mol. The average molecular weight is 592 g/mol. The van der Waals surface area contributed by atoms with Crippen molar-refractivity contribution in [2.45, 2.75) is 19.3 Å². The standard InChI is InChI=1S/C42H29N3O/c1-42(2)35-12-5-3-9-34(35)39-37(42)38(44-41(45-39)30-20-14-26(15-21-30)27-22-24-43-25-23-27)29-18-16-28(17-19-29)31-10-7-11-33-32-8-4-6-13-36(32)46-40(31)33/h3-25H,1-2H3. The summed E-state index contributed by atoms with van der Waals surface area (Å²) in [5, 5.41) is 2.26. The molecule has 0 N–H and O–H groups in total. The van der Waals surface area contributed by atoms with Crippen LogP contribution in [0.1, 0.15) is 25.0 Å². The summed E-state index contributed by atoms with van der Waals surface area (Å²) in [6.45, 7) is 4.56.